The predicted octanol–water partition coefficient (Wildman–Crippen LogP) is 2.31. The van der Waals surface area contributed by atoms with Gasteiger partial charge >= 0.3 is 205 Å². The molecule has 0 saturated heterocycles. The van der Waals surface area contributed by atoms with E-state index in [1.807, 2.05) is 0 Å². The van der Waals surface area contributed by atoms with Crippen LogP contribution in [0.2, 0.25) is 13.1 Å². The fourth-order valence-corrected chi connectivity index (χ4v) is 21.7. The third kappa shape index (κ3) is 6.04. The van der Waals surface area contributed by atoms with Gasteiger partial charge in [0.1, 0.15) is 0 Å². The van der Waals surface area contributed by atoms with E-state index in [1.54, 1.807) is 22.3 Å². The van der Waals surface area contributed by atoms with Crippen molar-refractivity contribution in [2.24, 2.45) is 11.8 Å². The van der Waals surface area contributed by atoms with E-state index in [1.165, 1.54) is 35.1 Å². The van der Waals surface area contributed by atoms with E-state index in [-0.39, 0.29) is 24.8 Å². The van der Waals surface area contributed by atoms with Crippen molar-refractivity contribution in [1.82, 2.24) is 0 Å². The zero-order valence-corrected chi connectivity index (χ0v) is 26.4. The van der Waals surface area contributed by atoms with Crippen LogP contribution in [-0.2, 0) is 30.0 Å². The number of allylic oxidation sites excluding steroid dienone is 2. The second-order valence-electron chi connectivity index (χ2n) is 11.4. The molecule has 4 heteroatoms. The third-order valence-corrected chi connectivity index (χ3v) is 22.0. The van der Waals surface area contributed by atoms with Crippen LogP contribution in [-0.4, -0.2) is 6.66 Å². The molecule has 0 aliphatic heterocycles. The van der Waals surface area contributed by atoms with Gasteiger partial charge in [-0.3, -0.25) is 0 Å². The first kappa shape index (κ1) is 29.7. The van der Waals surface area contributed by atoms with E-state index in [4.69, 9.17) is 0 Å². The molecule has 4 rings (SSSR count). The van der Waals surface area contributed by atoms with Crippen molar-refractivity contribution in [3.8, 4) is 0 Å². The Morgan fingerprint density at radius 1 is 0.706 bits per heavy atom. The summed E-state index contributed by atoms with van der Waals surface area (Å²) in [5, 5.41) is 0. The van der Waals surface area contributed by atoms with Gasteiger partial charge in [-0.1, -0.05) is 0 Å². The van der Waals surface area contributed by atoms with Gasteiger partial charge in [0, 0.05) is 0 Å². The molecule has 34 heavy (non-hydrogen) atoms. The maximum Gasteiger partial charge on any atom is -1.00 e. The number of benzene rings is 2. The second-order valence-corrected chi connectivity index (χ2v) is 25.3. The Hall–Kier alpha value is -0.569. The molecule has 2 aromatic carbocycles. The molecule has 2 atom stereocenters. The average molecular weight is 549 g/mol. The third-order valence-electron chi connectivity index (χ3n) is 7.22. The molecule has 0 aromatic heterocycles. The standard InChI is InChI=1S/2C14H17.C2H7Si.2ClH.Ti/c2*1-10(2)6-12-4-5-13-7-11(3)8-14(13)9-12;1-3-2;;;/h2*4-5,7-10H,6H2,1-3H3;3H,1-2H3;2*1H;/q;;;;;+2/p-2. The first-order valence-corrected chi connectivity index (χ1v) is 20.0. The Morgan fingerprint density at radius 3 is 1.41 bits per heavy atom. The van der Waals surface area contributed by atoms with Gasteiger partial charge in [-0.25, -0.2) is 0 Å². The van der Waals surface area contributed by atoms with E-state index in [9.17, 15) is 0 Å². The van der Waals surface area contributed by atoms with Gasteiger partial charge in [0.05, 0.1) is 0 Å². The summed E-state index contributed by atoms with van der Waals surface area (Å²) >= 11 is -1.45. The van der Waals surface area contributed by atoms with Gasteiger partial charge in [0.2, 0.25) is 0 Å². The Kier molecular flexibility index (Phi) is 10.6. The van der Waals surface area contributed by atoms with E-state index >= 15 is 0 Å². The van der Waals surface area contributed by atoms with Gasteiger partial charge in [-0.15, -0.1) is 0 Å². The molecule has 0 spiro atoms. The number of halogens is 2. The minimum atomic E-state index is -1.45. The van der Waals surface area contributed by atoms with E-state index in [0.29, 0.717) is 11.8 Å². The zero-order chi connectivity index (χ0) is 23.2. The molecule has 2 aliphatic carbocycles. The van der Waals surface area contributed by atoms with Gasteiger partial charge in [-0.05, 0) is 0 Å². The Bertz CT molecular complexity index is 986. The minimum Gasteiger partial charge on any atom is -1.00 e. The van der Waals surface area contributed by atoms with Gasteiger partial charge < -0.3 is 24.8 Å². The van der Waals surface area contributed by atoms with E-state index in [0.717, 1.165) is 8.45 Å². The molecule has 0 heterocycles. The molecular weight excluding hydrogens is 507 g/mol. The van der Waals surface area contributed by atoms with Crippen LogP contribution >= 0.6 is 0 Å². The molecule has 0 amide bonds. The monoisotopic (exact) mass is 547 g/mol. The van der Waals surface area contributed by atoms with Crippen LogP contribution in [0, 0.1) is 11.8 Å². The molecule has 0 fully saturated rings. The summed E-state index contributed by atoms with van der Waals surface area (Å²) in [7, 11) is 0. The summed E-state index contributed by atoms with van der Waals surface area (Å²) in [5.74, 6) is 1.43. The zero-order valence-electron chi connectivity index (χ0n) is 22.2. The molecule has 183 valence electrons. The molecule has 0 N–H and O–H groups in total. The number of hydrogen-bond donors (Lipinski definition) is 0. The Labute approximate surface area is 228 Å². The van der Waals surface area contributed by atoms with Crippen molar-refractivity contribution in [3.63, 3.8) is 0 Å². The van der Waals surface area contributed by atoms with Crippen LogP contribution in [0.5, 0.6) is 0 Å². The van der Waals surface area contributed by atoms with Crippen LogP contribution in [0.3, 0.4) is 0 Å². The second kappa shape index (κ2) is 12.1. The average Bonchev–Trinajstić information content (AvgIpc) is 3.17. The van der Waals surface area contributed by atoms with Crippen molar-refractivity contribution in [2.45, 2.75) is 75.9 Å². The maximum absolute atomic E-state index is 2.64. The van der Waals surface area contributed by atoms with Crippen molar-refractivity contribution < 1.29 is 41.9 Å². The Morgan fingerprint density at radius 2 is 1.09 bits per heavy atom. The summed E-state index contributed by atoms with van der Waals surface area (Å²) < 4.78 is 1.47. The summed E-state index contributed by atoms with van der Waals surface area (Å²) in [6.45, 7) is 18.7. The maximum atomic E-state index is 2.64. The van der Waals surface area contributed by atoms with E-state index in [2.05, 4.69) is 103 Å². The van der Waals surface area contributed by atoms with Crippen LogP contribution in [0.1, 0.15) is 83.4 Å². The fourth-order valence-electron chi connectivity index (χ4n) is 6.09. The number of rotatable bonds is 7. The first-order chi connectivity index (χ1) is 15.2. The molecule has 0 saturated carbocycles. The van der Waals surface area contributed by atoms with Crippen molar-refractivity contribution in [3.05, 3.63) is 80.9 Å². The van der Waals surface area contributed by atoms with Crippen LogP contribution < -0.4 is 24.8 Å². The van der Waals surface area contributed by atoms with E-state index < -0.39 is 23.8 Å². The van der Waals surface area contributed by atoms with Crippen molar-refractivity contribution in [1.29, 1.82) is 0 Å². The fraction of sp³-hybridized carbons (Fsp3) is 0.467. The summed E-state index contributed by atoms with van der Waals surface area (Å²) in [6, 6.07) is 14.9. The van der Waals surface area contributed by atoms with Crippen molar-refractivity contribution >= 4 is 18.8 Å². The van der Waals surface area contributed by atoms with Crippen LogP contribution in [0.4, 0.5) is 0 Å². The molecular formula is C30H41Cl2SiTi. The molecule has 2 aromatic rings. The topological polar surface area (TPSA) is 0 Å². The van der Waals surface area contributed by atoms with Crippen molar-refractivity contribution in [2.75, 3.05) is 0 Å². The van der Waals surface area contributed by atoms with Gasteiger partial charge in [0.25, 0.3) is 0 Å². The molecule has 2 aliphatic rings. The number of fused-ring (bicyclic) bond motifs is 2. The van der Waals surface area contributed by atoms with Gasteiger partial charge in [-0.2, -0.15) is 0 Å². The number of hydrogen-bond acceptors (Lipinski definition) is 0. The summed E-state index contributed by atoms with van der Waals surface area (Å²) in [6.07, 6.45) is 7.44. The predicted molar refractivity (Wildman–Crippen MR) is 142 cm³/mol. The van der Waals surface area contributed by atoms with Crippen LogP contribution in [0.25, 0.3) is 12.2 Å². The normalized spacial score (nSPS) is 18.3. The smallest absolute Gasteiger partial charge is 1.00 e. The molecule has 0 radical (unpaired) electrons. The summed E-state index contributed by atoms with van der Waals surface area (Å²) in [5.41, 5.74) is 12.7. The summed E-state index contributed by atoms with van der Waals surface area (Å²) in [4.78, 5) is 0. The quantitative estimate of drug-likeness (QED) is 0.467. The molecule has 2 unspecified atom stereocenters. The Balaban J connectivity index is 0.00000204. The van der Waals surface area contributed by atoms with Crippen LogP contribution in [0.15, 0.2) is 47.5 Å². The first-order valence-electron chi connectivity index (χ1n) is 12.6. The van der Waals surface area contributed by atoms with Gasteiger partial charge in [0.15, 0.2) is 0 Å². The SMILES string of the molecule is CC1=Cc2cc(CC(C)C)ccc2[CH]1[Ti+2]([CH]1C(C)=Cc2cc(CC(C)C)ccc21)[SiH](C)C.[Cl-].[Cl-]. The minimum absolute atomic E-state index is 0. The molecule has 0 bridgehead atoms. The largest absolute Gasteiger partial charge is 1.00 e. The molecule has 0 nitrogen and oxygen atoms in total.